The first kappa shape index (κ1) is 18.2. The Morgan fingerprint density at radius 2 is 1.68 bits per heavy atom. The number of hydrogen-bond acceptors (Lipinski definition) is 5. The lowest BCUT2D eigenvalue weighted by atomic mass is 10.2. The molecule has 1 N–H and O–H groups in total. The monoisotopic (exact) mass is 383 g/mol. The van der Waals surface area contributed by atoms with E-state index in [0.717, 1.165) is 0 Å². The number of morpholine rings is 1. The van der Waals surface area contributed by atoms with Crippen molar-refractivity contribution in [2.24, 2.45) is 0 Å². The van der Waals surface area contributed by atoms with Crippen molar-refractivity contribution in [2.75, 3.05) is 36.5 Å². The van der Waals surface area contributed by atoms with Crippen LogP contribution in [0.3, 0.4) is 0 Å². The maximum absolute atomic E-state index is 14.5. The summed E-state index contributed by atoms with van der Waals surface area (Å²) in [5.74, 6) is 0.987. The minimum absolute atomic E-state index is 0.289. The fraction of sp³-hybridized carbons (Fsp3) is 0.190. The highest BCUT2D eigenvalue weighted by Gasteiger charge is 2.15. The molecule has 144 valence electrons. The van der Waals surface area contributed by atoms with Gasteiger partial charge in [0.05, 0.1) is 25.1 Å². The van der Waals surface area contributed by atoms with Crippen molar-refractivity contribution in [1.29, 1.82) is 0 Å². The van der Waals surface area contributed by atoms with E-state index in [0.29, 0.717) is 55.0 Å². The number of hydrogen-bond donors (Lipinski definition) is 1. The van der Waals surface area contributed by atoms with Gasteiger partial charge in [-0.1, -0.05) is 0 Å². The average Bonchev–Trinajstić information content (AvgIpc) is 2.72. The molecule has 28 heavy (non-hydrogen) atoms. The van der Waals surface area contributed by atoms with Gasteiger partial charge in [-0.3, -0.25) is 0 Å². The molecule has 4 rings (SSSR count). The van der Waals surface area contributed by atoms with Crippen molar-refractivity contribution < 1.29 is 18.3 Å². The zero-order chi connectivity index (χ0) is 19.3. The molecule has 1 aromatic heterocycles. The average molecular weight is 383 g/mol. The number of pyridine rings is 1. The van der Waals surface area contributed by atoms with Gasteiger partial charge in [-0.05, 0) is 54.6 Å². The zero-order valence-electron chi connectivity index (χ0n) is 15.1. The van der Waals surface area contributed by atoms with Crippen LogP contribution in [0.15, 0.2) is 60.8 Å². The van der Waals surface area contributed by atoms with Crippen LogP contribution in [0.2, 0.25) is 0 Å². The maximum atomic E-state index is 14.5. The van der Waals surface area contributed by atoms with E-state index in [1.807, 2.05) is 11.0 Å². The van der Waals surface area contributed by atoms with Crippen LogP contribution in [0, 0.1) is 11.6 Å². The predicted molar refractivity (Wildman–Crippen MR) is 103 cm³/mol. The lowest BCUT2D eigenvalue weighted by Gasteiger charge is -2.29. The summed E-state index contributed by atoms with van der Waals surface area (Å²) in [5, 5.41) is 3.07. The van der Waals surface area contributed by atoms with Gasteiger partial charge in [0, 0.05) is 18.8 Å². The Labute approximate surface area is 161 Å². The highest BCUT2D eigenvalue weighted by molar-refractivity contribution is 5.62. The number of halogens is 2. The molecule has 3 aromatic rings. The van der Waals surface area contributed by atoms with E-state index in [2.05, 4.69) is 10.3 Å². The third kappa shape index (κ3) is 4.37. The third-order valence-corrected chi connectivity index (χ3v) is 4.36. The highest BCUT2D eigenvalue weighted by Crippen LogP contribution is 2.26. The number of anilines is 3. The van der Waals surface area contributed by atoms with Crippen molar-refractivity contribution >= 4 is 17.2 Å². The molecular formula is C21H19F2N3O2. The molecule has 0 unspecified atom stereocenters. The first-order chi connectivity index (χ1) is 13.7. The van der Waals surface area contributed by atoms with Crippen LogP contribution in [-0.4, -0.2) is 31.3 Å². The van der Waals surface area contributed by atoms with E-state index in [-0.39, 0.29) is 11.6 Å². The molecule has 1 aliphatic rings. The summed E-state index contributed by atoms with van der Waals surface area (Å²) in [7, 11) is 0. The van der Waals surface area contributed by atoms with Crippen molar-refractivity contribution in [1.82, 2.24) is 4.98 Å². The third-order valence-electron chi connectivity index (χ3n) is 4.36. The molecule has 1 fully saturated rings. The standard InChI is InChI=1S/C21H19F2N3O2/c22-15-1-4-17(5-2-15)28-18-6-8-21(24-14-18)25-16-3-7-20(19(23)13-16)26-9-11-27-12-10-26/h1-8,13-14H,9-12H2,(H,24,25). The molecular weight excluding hydrogens is 364 g/mol. The molecule has 0 atom stereocenters. The lowest BCUT2D eigenvalue weighted by Crippen LogP contribution is -2.36. The summed E-state index contributed by atoms with van der Waals surface area (Å²) in [6, 6.07) is 14.2. The Bertz CT molecular complexity index is 927. The van der Waals surface area contributed by atoms with Crippen molar-refractivity contribution in [3.8, 4) is 11.5 Å². The second-order valence-corrected chi connectivity index (χ2v) is 6.33. The molecule has 0 spiro atoms. The Morgan fingerprint density at radius 1 is 0.929 bits per heavy atom. The van der Waals surface area contributed by atoms with Gasteiger partial charge in [-0.2, -0.15) is 0 Å². The van der Waals surface area contributed by atoms with Crippen LogP contribution in [0.1, 0.15) is 0 Å². The van der Waals surface area contributed by atoms with E-state index in [1.165, 1.54) is 18.2 Å². The molecule has 5 nitrogen and oxygen atoms in total. The number of rotatable bonds is 5. The number of nitrogens with zero attached hydrogens (tertiary/aromatic N) is 2. The summed E-state index contributed by atoms with van der Waals surface area (Å²) >= 11 is 0. The molecule has 0 aliphatic carbocycles. The molecule has 2 heterocycles. The first-order valence-corrected chi connectivity index (χ1v) is 8.96. The normalized spacial score (nSPS) is 14.0. The van der Waals surface area contributed by atoms with Crippen LogP contribution >= 0.6 is 0 Å². The minimum Gasteiger partial charge on any atom is -0.456 e. The number of benzene rings is 2. The Hall–Kier alpha value is -3.19. The SMILES string of the molecule is Fc1ccc(Oc2ccc(Nc3ccc(N4CCOCC4)c(F)c3)nc2)cc1. The molecule has 2 aromatic carbocycles. The second kappa shape index (κ2) is 8.22. The molecule has 0 bridgehead atoms. The molecule has 0 radical (unpaired) electrons. The van der Waals surface area contributed by atoms with Gasteiger partial charge < -0.3 is 19.7 Å². The number of nitrogens with one attached hydrogen (secondary N) is 1. The van der Waals surface area contributed by atoms with Gasteiger partial charge in [-0.15, -0.1) is 0 Å². The van der Waals surface area contributed by atoms with Crippen LogP contribution in [0.4, 0.5) is 26.0 Å². The maximum Gasteiger partial charge on any atom is 0.148 e. The first-order valence-electron chi connectivity index (χ1n) is 8.96. The van der Waals surface area contributed by atoms with Crippen LogP contribution in [0.5, 0.6) is 11.5 Å². The summed E-state index contributed by atoms with van der Waals surface area (Å²) in [4.78, 5) is 6.24. The van der Waals surface area contributed by atoms with E-state index in [4.69, 9.17) is 9.47 Å². The van der Waals surface area contributed by atoms with Crippen LogP contribution in [-0.2, 0) is 4.74 Å². The van der Waals surface area contributed by atoms with E-state index >= 15 is 0 Å². The highest BCUT2D eigenvalue weighted by atomic mass is 19.1. The van der Waals surface area contributed by atoms with Crippen LogP contribution < -0.4 is 15.0 Å². The molecule has 0 saturated carbocycles. The minimum atomic E-state index is -0.322. The Balaban J connectivity index is 1.41. The van der Waals surface area contributed by atoms with Crippen LogP contribution in [0.25, 0.3) is 0 Å². The predicted octanol–water partition coefficient (Wildman–Crippen LogP) is 4.73. The Morgan fingerprint density at radius 3 is 2.36 bits per heavy atom. The van der Waals surface area contributed by atoms with Crippen molar-refractivity contribution in [3.05, 3.63) is 72.4 Å². The molecule has 7 heteroatoms. The smallest absolute Gasteiger partial charge is 0.148 e. The van der Waals surface area contributed by atoms with E-state index in [9.17, 15) is 8.78 Å². The van der Waals surface area contributed by atoms with Gasteiger partial charge in [0.2, 0.25) is 0 Å². The van der Waals surface area contributed by atoms with Gasteiger partial charge >= 0.3 is 0 Å². The van der Waals surface area contributed by atoms with E-state index < -0.39 is 0 Å². The quantitative estimate of drug-likeness (QED) is 0.690. The fourth-order valence-corrected chi connectivity index (χ4v) is 2.95. The second-order valence-electron chi connectivity index (χ2n) is 6.33. The Kier molecular flexibility index (Phi) is 5.34. The topological polar surface area (TPSA) is 46.6 Å². The summed E-state index contributed by atoms with van der Waals surface area (Å²) in [6.07, 6.45) is 1.55. The molecule has 1 saturated heterocycles. The number of ether oxygens (including phenoxy) is 2. The zero-order valence-corrected chi connectivity index (χ0v) is 15.1. The summed E-state index contributed by atoms with van der Waals surface area (Å²) < 4.78 is 38.3. The summed E-state index contributed by atoms with van der Waals surface area (Å²) in [6.45, 7) is 2.58. The number of aromatic nitrogens is 1. The van der Waals surface area contributed by atoms with Gasteiger partial charge in [-0.25, -0.2) is 13.8 Å². The summed E-state index contributed by atoms with van der Waals surface area (Å²) in [5.41, 5.74) is 1.18. The largest absolute Gasteiger partial charge is 0.456 e. The fourth-order valence-electron chi connectivity index (χ4n) is 2.95. The molecule has 1 aliphatic heterocycles. The lowest BCUT2D eigenvalue weighted by molar-refractivity contribution is 0.122. The van der Waals surface area contributed by atoms with Crippen molar-refractivity contribution in [2.45, 2.75) is 0 Å². The van der Waals surface area contributed by atoms with Gasteiger partial charge in [0.1, 0.15) is 29.0 Å². The van der Waals surface area contributed by atoms with Crippen molar-refractivity contribution in [3.63, 3.8) is 0 Å². The van der Waals surface area contributed by atoms with E-state index in [1.54, 1.807) is 36.5 Å². The van der Waals surface area contributed by atoms with Gasteiger partial charge in [0.25, 0.3) is 0 Å². The van der Waals surface area contributed by atoms with Gasteiger partial charge in [0.15, 0.2) is 0 Å². The molecule has 0 amide bonds.